The van der Waals surface area contributed by atoms with Gasteiger partial charge in [0.2, 0.25) is 0 Å². The summed E-state index contributed by atoms with van der Waals surface area (Å²) >= 11 is 1.23. The number of carboxylic acid groups (broad SMARTS) is 1. The lowest BCUT2D eigenvalue weighted by atomic mass is 10.0. The third-order valence-electron chi connectivity index (χ3n) is 3.98. The molecule has 0 atom stereocenters. The van der Waals surface area contributed by atoms with Crippen LogP contribution in [0.1, 0.15) is 26.4 Å². The third kappa shape index (κ3) is 2.90. The number of aryl methyl sites for hydroxylation is 3. The number of carbonyl (C=O) groups is 1. The first-order valence-corrected chi connectivity index (χ1v) is 8.17. The molecule has 116 valence electrons. The lowest BCUT2D eigenvalue weighted by molar-refractivity contribution is 0.0702. The molecule has 3 nitrogen and oxygen atoms in total. The first-order chi connectivity index (χ1) is 11.0. The Morgan fingerprint density at radius 1 is 1.00 bits per heavy atom. The van der Waals surface area contributed by atoms with Gasteiger partial charge in [-0.15, -0.1) is 11.3 Å². The summed E-state index contributed by atoms with van der Waals surface area (Å²) in [6.07, 6.45) is 0. The molecule has 0 saturated heterocycles. The van der Waals surface area contributed by atoms with Crippen molar-refractivity contribution >= 4 is 17.3 Å². The summed E-state index contributed by atoms with van der Waals surface area (Å²) in [5.41, 5.74) is 5.77. The number of benzene rings is 2. The molecule has 3 rings (SSSR count). The molecule has 0 saturated carbocycles. The smallest absolute Gasteiger partial charge is 0.348 e. The van der Waals surface area contributed by atoms with Gasteiger partial charge in [0.1, 0.15) is 9.88 Å². The van der Waals surface area contributed by atoms with E-state index in [4.69, 9.17) is 0 Å². The lowest BCUT2D eigenvalue weighted by Crippen LogP contribution is -1.96. The number of aromatic carboxylic acids is 1. The van der Waals surface area contributed by atoms with Gasteiger partial charge >= 0.3 is 5.97 Å². The molecule has 1 N–H and O–H groups in total. The van der Waals surface area contributed by atoms with Crippen molar-refractivity contribution in [1.29, 1.82) is 0 Å². The quantitative estimate of drug-likeness (QED) is 0.729. The standard InChI is InChI=1S/C19H17NO2S/c1-11-8-9-14(10-13(11)3)16-17(19(21)22)23-18(20-16)15-7-5-4-6-12(15)2/h4-10H,1-3H3,(H,21,22). The van der Waals surface area contributed by atoms with Crippen molar-refractivity contribution in [3.63, 3.8) is 0 Å². The van der Waals surface area contributed by atoms with Crippen LogP contribution in [-0.2, 0) is 0 Å². The Morgan fingerprint density at radius 2 is 1.74 bits per heavy atom. The first kappa shape index (κ1) is 15.4. The first-order valence-electron chi connectivity index (χ1n) is 7.35. The molecular weight excluding hydrogens is 306 g/mol. The van der Waals surface area contributed by atoms with E-state index >= 15 is 0 Å². The third-order valence-corrected chi connectivity index (χ3v) is 5.05. The maximum absolute atomic E-state index is 11.6. The molecule has 1 aromatic heterocycles. The van der Waals surface area contributed by atoms with Gasteiger partial charge in [-0.05, 0) is 43.5 Å². The van der Waals surface area contributed by atoms with Crippen LogP contribution in [0.25, 0.3) is 21.8 Å². The highest BCUT2D eigenvalue weighted by Gasteiger charge is 2.20. The Bertz CT molecular complexity index is 896. The SMILES string of the molecule is Cc1ccc(-c2nc(-c3ccccc3C)sc2C(=O)O)cc1C. The minimum Gasteiger partial charge on any atom is -0.477 e. The van der Waals surface area contributed by atoms with Crippen molar-refractivity contribution in [3.05, 3.63) is 64.0 Å². The Hall–Kier alpha value is -2.46. The predicted octanol–water partition coefficient (Wildman–Crippen LogP) is 5.10. The van der Waals surface area contributed by atoms with Gasteiger partial charge < -0.3 is 5.11 Å². The molecule has 0 spiro atoms. The van der Waals surface area contributed by atoms with Crippen LogP contribution in [0, 0.1) is 20.8 Å². The van der Waals surface area contributed by atoms with Crippen LogP contribution < -0.4 is 0 Å². The maximum atomic E-state index is 11.6. The number of nitrogens with zero attached hydrogens (tertiary/aromatic N) is 1. The van der Waals surface area contributed by atoms with E-state index in [9.17, 15) is 9.90 Å². The second-order valence-electron chi connectivity index (χ2n) is 5.62. The van der Waals surface area contributed by atoms with Gasteiger partial charge in [-0.1, -0.05) is 36.4 Å². The largest absolute Gasteiger partial charge is 0.477 e. The maximum Gasteiger partial charge on any atom is 0.348 e. The summed E-state index contributed by atoms with van der Waals surface area (Å²) in [5, 5.41) is 10.3. The summed E-state index contributed by atoms with van der Waals surface area (Å²) < 4.78 is 0. The van der Waals surface area contributed by atoms with E-state index in [-0.39, 0.29) is 4.88 Å². The van der Waals surface area contributed by atoms with E-state index in [1.165, 1.54) is 16.9 Å². The molecular formula is C19H17NO2S. The number of aromatic nitrogens is 1. The summed E-state index contributed by atoms with van der Waals surface area (Å²) in [5.74, 6) is -0.935. The summed E-state index contributed by atoms with van der Waals surface area (Å²) in [7, 11) is 0. The van der Waals surface area contributed by atoms with Crippen molar-refractivity contribution in [2.75, 3.05) is 0 Å². The van der Waals surface area contributed by atoms with Gasteiger partial charge in [-0.3, -0.25) is 0 Å². The van der Waals surface area contributed by atoms with Crippen molar-refractivity contribution < 1.29 is 9.90 Å². The van der Waals surface area contributed by atoms with Gasteiger partial charge in [0.05, 0.1) is 5.69 Å². The highest BCUT2D eigenvalue weighted by Crippen LogP contribution is 2.35. The van der Waals surface area contributed by atoms with E-state index in [1.54, 1.807) is 0 Å². The van der Waals surface area contributed by atoms with Crippen LogP contribution in [-0.4, -0.2) is 16.1 Å². The van der Waals surface area contributed by atoms with Crippen LogP contribution in [0.4, 0.5) is 0 Å². The predicted molar refractivity (Wildman–Crippen MR) is 94.2 cm³/mol. The summed E-state index contributed by atoms with van der Waals surface area (Å²) in [4.78, 5) is 16.6. The molecule has 23 heavy (non-hydrogen) atoms. The number of carboxylic acids is 1. The Labute approximate surface area is 139 Å². The minimum absolute atomic E-state index is 0.284. The molecule has 4 heteroatoms. The minimum atomic E-state index is -0.935. The van der Waals surface area contributed by atoms with Gasteiger partial charge in [-0.2, -0.15) is 0 Å². The highest BCUT2D eigenvalue weighted by atomic mass is 32.1. The molecule has 3 aromatic rings. The molecule has 0 aliphatic heterocycles. The fraction of sp³-hybridized carbons (Fsp3) is 0.158. The molecule has 0 amide bonds. The molecule has 1 heterocycles. The van der Waals surface area contributed by atoms with Crippen LogP contribution in [0.3, 0.4) is 0 Å². The second-order valence-corrected chi connectivity index (χ2v) is 6.61. The molecule has 0 bridgehead atoms. The van der Waals surface area contributed by atoms with Crippen LogP contribution in [0.15, 0.2) is 42.5 Å². The van der Waals surface area contributed by atoms with Gasteiger partial charge in [-0.25, -0.2) is 9.78 Å². The average Bonchev–Trinajstić information content (AvgIpc) is 2.96. The second kappa shape index (κ2) is 5.97. The fourth-order valence-electron chi connectivity index (χ4n) is 2.48. The van der Waals surface area contributed by atoms with Crippen LogP contribution in [0.2, 0.25) is 0 Å². The van der Waals surface area contributed by atoms with Crippen molar-refractivity contribution in [3.8, 4) is 21.8 Å². The average molecular weight is 323 g/mol. The molecule has 0 radical (unpaired) electrons. The number of hydrogen-bond donors (Lipinski definition) is 1. The number of rotatable bonds is 3. The fourth-order valence-corrected chi connectivity index (χ4v) is 3.49. The van der Waals surface area contributed by atoms with Gasteiger partial charge in [0, 0.05) is 11.1 Å². The van der Waals surface area contributed by atoms with E-state index in [2.05, 4.69) is 4.98 Å². The van der Waals surface area contributed by atoms with Crippen LogP contribution >= 0.6 is 11.3 Å². The van der Waals surface area contributed by atoms with E-state index in [1.807, 2.05) is 63.2 Å². The zero-order valence-electron chi connectivity index (χ0n) is 13.3. The molecule has 0 unspecified atom stereocenters. The molecule has 2 aromatic carbocycles. The number of thiazole rings is 1. The van der Waals surface area contributed by atoms with Gasteiger partial charge in [0.15, 0.2) is 0 Å². The van der Waals surface area contributed by atoms with E-state index in [0.717, 1.165) is 27.3 Å². The van der Waals surface area contributed by atoms with Crippen molar-refractivity contribution in [1.82, 2.24) is 4.98 Å². The zero-order valence-corrected chi connectivity index (χ0v) is 14.1. The van der Waals surface area contributed by atoms with E-state index < -0.39 is 5.97 Å². The Balaban J connectivity index is 2.19. The van der Waals surface area contributed by atoms with Crippen molar-refractivity contribution in [2.45, 2.75) is 20.8 Å². The van der Waals surface area contributed by atoms with Gasteiger partial charge in [0.25, 0.3) is 0 Å². The zero-order chi connectivity index (χ0) is 16.6. The lowest BCUT2D eigenvalue weighted by Gasteiger charge is -2.04. The Morgan fingerprint density at radius 3 is 2.39 bits per heavy atom. The van der Waals surface area contributed by atoms with E-state index in [0.29, 0.717) is 5.69 Å². The molecule has 0 fully saturated rings. The molecule has 0 aliphatic carbocycles. The molecule has 0 aliphatic rings. The number of hydrogen-bond acceptors (Lipinski definition) is 3. The van der Waals surface area contributed by atoms with Crippen molar-refractivity contribution in [2.24, 2.45) is 0 Å². The Kier molecular flexibility index (Phi) is 4.01. The summed E-state index contributed by atoms with van der Waals surface area (Å²) in [6.45, 7) is 6.07. The topological polar surface area (TPSA) is 50.2 Å². The normalized spacial score (nSPS) is 10.7. The van der Waals surface area contributed by atoms with Crippen LogP contribution in [0.5, 0.6) is 0 Å². The monoisotopic (exact) mass is 323 g/mol. The highest BCUT2D eigenvalue weighted by molar-refractivity contribution is 7.17. The summed E-state index contributed by atoms with van der Waals surface area (Å²) in [6, 6.07) is 13.8.